The normalized spacial score (nSPS) is 11.6. The fourth-order valence-corrected chi connectivity index (χ4v) is 3.23. The van der Waals surface area contributed by atoms with Gasteiger partial charge in [-0.2, -0.15) is 0 Å². The molecule has 0 unspecified atom stereocenters. The number of amides is 1. The molecule has 5 nitrogen and oxygen atoms in total. The zero-order chi connectivity index (χ0) is 15.9. The molecule has 0 heterocycles. The van der Waals surface area contributed by atoms with Gasteiger partial charge in [0.25, 0.3) is 0 Å². The summed E-state index contributed by atoms with van der Waals surface area (Å²) in [5.41, 5.74) is 0. The highest BCUT2D eigenvalue weighted by Gasteiger charge is 2.14. The predicted octanol–water partition coefficient (Wildman–Crippen LogP) is 2.28. The Hall–Kier alpha value is -0.920. The maximum Gasteiger partial charge on any atom is 0.240 e. The molecule has 0 spiro atoms. The lowest BCUT2D eigenvalue weighted by Crippen LogP contribution is -2.31. The Kier molecular flexibility index (Phi) is 7.34. The molecule has 21 heavy (non-hydrogen) atoms. The molecule has 0 bridgehead atoms. The number of nitrogens with one attached hydrogen (secondary N) is 2. The van der Waals surface area contributed by atoms with E-state index in [-0.39, 0.29) is 23.8 Å². The van der Waals surface area contributed by atoms with E-state index >= 15 is 0 Å². The van der Waals surface area contributed by atoms with Gasteiger partial charge in [-0.05, 0) is 30.5 Å². The molecule has 0 aromatic heterocycles. The van der Waals surface area contributed by atoms with Crippen molar-refractivity contribution in [1.82, 2.24) is 10.0 Å². The van der Waals surface area contributed by atoms with Crippen LogP contribution in [0.25, 0.3) is 0 Å². The maximum atomic E-state index is 12.0. The summed E-state index contributed by atoms with van der Waals surface area (Å²) in [4.78, 5) is 11.7. The molecule has 1 rings (SSSR count). The van der Waals surface area contributed by atoms with Crippen molar-refractivity contribution in [2.75, 3.05) is 13.1 Å². The third-order valence-electron chi connectivity index (χ3n) is 2.79. The van der Waals surface area contributed by atoms with Crippen molar-refractivity contribution in [3.63, 3.8) is 0 Å². The second kappa shape index (κ2) is 8.51. The van der Waals surface area contributed by atoms with E-state index in [1.807, 2.05) is 0 Å². The molecule has 2 N–H and O–H groups in total. The lowest BCUT2D eigenvalue weighted by Gasteiger charge is -2.09. The summed E-state index contributed by atoms with van der Waals surface area (Å²) < 4.78 is 27.1. The van der Waals surface area contributed by atoms with Crippen molar-refractivity contribution in [2.45, 2.75) is 31.6 Å². The molecular weight excluding hydrogens is 356 g/mol. The zero-order valence-electron chi connectivity index (χ0n) is 12.2. The molecule has 0 aliphatic heterocycles. The van der Waals surface area contributed by atoms with Crippen molar-refractivity contribution in [2.24, 2.45) is 5.92 Å². The van der Waals surface area contributed by atoms with Crippen LogP contribution in [0.15, 0.2) is 33.6 Å². The second-order valence-electron chi connectivity index (χ2n) is 5.14. The van der Waals surface area contributed by atoms with E-state index in [0.29, 0.717) is 16.9 Å². The Morgan fingerprint density at radius 2 is 2.00 bits per heavy atom. The van der Waals surface area contributed by atoms with Crippen molar-refractivity contribution in [3.8, 4) is 0 Å². The summed E-state index contributed by atoms with van der Waals surface area (Å²) in [5.74, 6) is 0.382. The number of rotatable bonds is 8. The Labute approximate surface area is 134 Å². The summed E-state index contributed by atoms with van der Waals surface area (Å²) in [5, 5.41) is 2.77. The van der Waals surface area contributed by atoms with Gasteiger partial charge in [0.1, 0.15) is 0 Å². The Balaban J connectivity index is 2.39. The summed E-state index contributed by atoms with van der Waals surface area (Å²) >= 11 is 3.23. The largest absolute Gasteiger partial charge is 0.356 e. The highest BCUT2D eigenvalue weighted by molar-refractivity contribution is 9.10. The molecule has 0 saturated carbocycles. The molecule has 1 aromatic rings. The quantitative estimate of drug-likeness (QED) is 0.730. The fraction of sp³-hybridized carbons (Fsp3) is 0.500. The summed E-state index contributed by atoms with van der Waals surface area (Å²) in [6.07, 6.45) is 1.04. The van der Waals surface area contributed by atoms with Gasteiger partial charge >= 0.3 is 0 Å². The number of sulfonamides is 1. The zero-order valence-corrected chi connectivity index (χ0v) is 14.6. The molecule has 0 fully saturated rings. The lowest BCUT2D eigenvalue weighted by molar-refractivity contribution is -0.120. The first-order valence-corrected chi connectivity index (χ1v) is 9.11. The SMILES string of the molecule is CC(C)CCNC(=O)CCNS(=O)(=O)c1cccc(Br)c1. The third kappa shape index (κ3) is 7.06. The maximum absolute atomic E-state index is 12.0. The Morgan fingerprint density at radius 1 is 1.29 bits per heavy atom. The van der Waals surface area contributed by atoms with Crippen LogP contribution in [0.4, 0.5) is 0 Å². The first-order chi connectivity index (χ1) is 9.81. The van der Waals surface area contributed by atoms with Gasteiger partial charge in [-0.15, -0.1) is 0 Å². The molecule has 1 aromatic carbocycles. The summed E-state index contributed by atoms with van der Waals surface area (Å²) in [6.45, 7) is 4.87. The average Bonchev–Trinajstić information content (AvgIpc) is 2.38. The van der Waals surface area contributed by atoms with E-state index in [2.05, 4.69) is 39.8 Å². The van der Waals surface area contributed by atoms with Gasteiger partial charge in [-0.1, -0.05) is 35.8 Å². The summed E-state index contributed by atoms with van der Waals surface area (Å²) in [6, 6.07) is 6.43. The minimum atomic E-state index is -3.57. The van der Waals surface area contributed by atoms with Crippen LogP contribution in [0.3, 0.4) is 0 Å². The highest BCUT2D eigenvalue weighted by Crippen LogP contribution is 2.15. The van der Waals surface area contributed by atoms with Gasteiger partial charge in [0, 0.05) is 24.0 Å². The predicted molar refractivity (Wildman–Crippen MR) is 86.4 cm³/mol. The van der Waals surface area contributed by atoms with Crippen molar-refractivity contribution in [1.29, 1.82) is 0 Å². The minimum Gasteiger partial charge on any atom is -0.356 e. The number of benzene rings is 1. The van der Waals surface area contributed by atoms with Crippen molar-refractivity contribution in [3.05, 3.63) is 28.7 Å². The molecule has 0 atom stereocenters. The van der Waals surface area contributed by atoms with Crippen LogP contribution in [0.5, 0.6) is 0 Å². The van der Waals surface area contributed by atoms with Crippen molar-refractivity contribution < 1.29 is 13.2 Å². The topological polar surface area (TPSA) is 75.3 Å². The van der Waals surface area contributed by atoms with E-state index in [1.165, 1.54) is 12.1 Å². The first-order valence-electron chi connectivity index (χ1n) is 6.83. The van der Waals surface area contributed by atoms with Gasteiger partial charge in [0.2, 0.25) is 15.9 Å². The van der Waals surface area contributed by atoms with Crippen LogP contribution >= 0.6 is 15.9 Å². The standard InChI is InChI=1S/C14H21BrN2O3S/c1-11(2)6-8-16-14(18)7-9-17-21(19,20)13-5-3-4-12(15)10-13/h3-5,10-11,17H,6-9H2,1-2H3,(H,16,18). The van der Waals surface area contributed by atoms with Crippen molar-refractivity contribution >= 4 is 31.9 Å². The van der Waals surface area contributed by atoms with Gasteiger partial charge in [-0.25, -0.2) is 13.1 Å². The molecule has 0 radical (unpaired) electrons. The van der Waals surface area contributed by atoms with E-state index in [0.717, 1.165) is 6.42 Å². The van der Waals surface area contributed by atoms with Crippen LogP contribution < -0.4 is 10.0 Å². The lowest BCUT2D eigenvalue weighted by atomic mass is 10.1. The highest BCUT2D eigenvalue weighted by atomic mass is 79.9. The molecule has 7 heteroatoms. The smallest absolute Gasteiger partial charge is 0.240 e. The number of halogens is 1. The van der Waals surface area contributed by atoms with Gasteiger partial charge < -0.3 is 5.32 Å². The first kappa shape index (κ1) is 18.1. The van der Waals surface area contributed by atoms with E-state index in [4.69, 9.17) is 0 Å². The fourth-order valence-electron chi connectivity index (χ4n) is 1.61. The minimum absolute atomic E-state index is 0.0857. The molecule has 0 saturated heterocycles. The number of carbonyl (C=O) groups excluding carboxylic acids is 1. The van der Waals surface area contributed by atoms with Gasteiger partial charge in [-0.3, -0.25) is 4.79 Å². The molecule has 118 valence electrons. The molecule has 0 aliphatic rings. The monoisotopic (exact) mass is 376 g/mol. The average molecular weight is 377 g/mol. The van der Waals surface area contributed by atoms with E-state index < -0.39 is 10.0 Å². The van der Waals surface area contributed by atoms with Crippen LogP contribution in [0.1, 0.15) is 26.7 Å². The molecule has 1 amide bonds. The Bertz CT molecular complexity index is 573. The number of hydrogen-bond donors (Lipinski definition) is 2. The van der Waals surface area contributed by atoms with Gasteiger partial charge in [0.05, 0.1) is 4.90 Å². The number of hydrogen-bond acceptors (Lipinski definition) is 3. The third-order valence-corrected chi connectivity index (χ3v) is 4.75. The van der Waals surface area contributed by atoms with Crippen LogP contribution in [0.2, 0.25) is 0 Å². The molecule has 0 aliphatic carbocycles. The molecular formula is C14H21BrN2O3S. The number of carbonyl (C=O) groups is 1. The van der Waals surface area contributed by atoms with E-state index in [1.54, 1.807) is 12.1 Å². The second-order valence-corrected chi connectivity index (χ2v) is 7.82. The van der Waals surface area contributed by atoms with Gasteiger partial charge in [0.15, 0.2) is 0 Å². The van der Waals surface area contributed by atoms with Crippen LogP contribution in [0, 0.1) is 5.92 Å². The Morgan fingerprint density at radius 3 is 2.62 bits per heavy atom. The van der Waals surface area contributed by atoms with Crippen LogP contribution in [-0.4, -0.2) is 27.4 Å². The summed E-state index contributed by atoms with van der Waals surface area (Å²) in [7, 11) is -3.57. The van der Waals surface area contributed by atoms with Crippen LogP contribution in [-0.2, 0) is 14.8 Å². The van der Waals surface area contributed by atoms with E-state index in [9.17, 15) is 13.2 Å².